The summed E-state index contributed by atoms with van der Waals surface area (Å²) in [7, 11) is 3.87. The molecule has 1 aromatic heterocycles. The van der Waals surface area contributed by atoms with Gasteiger partial charge in [0.25, 0.3) is 0 Å². The van der Waals surface area contributed by atoms with E-state index in [9.17, 15) is 4.79 Å². The molecular formula is C12H18N4OS. The van der Waals surface area contributed by atoms with Gasteiger partial charge in [-0.3, -0.25) is 0 Å². The van der Waals surface area contributed by atoms with Gasteiger partial charge in [0.1, 0.15) is 5.82 Å². The predicted octanol–water partition coefficient (Wildman–Crippen LogP) is 1.73. The lowest BCUT2D eigenvalue weighted by molar-refractivity contribution is 0.217. The third-order valence-corrected chi connectivity index (χ3v) is 3.70. The third kappa shape index (κ3) is 3.29. The van der Waals surface area contributed by atoms with Crippen molar-refractivity contribution in [2.45, 2.75) is 0 Å². The quantitative estimate of drug-likeness (QED) is 0.885. The van der Waals surface area contributed by atoms with E-state index in [1.54, 1.807) is 6.20 Å². The summed E-state index contributed by atoms with van der Waals surface area (Å²) >= 11 is 1.89. The summed E-state index contributed by atoms with van der Waals surface area (Å²) in [5.41, 5.74) is 0.740. The molecule has 1 aliphatic rings. The standard InChI is InChI=1S/C12H18N4OS/c1-15(2)11-4-3-10(9-13-11)14-12(17)16-5-7-18-8-6-16/h3-4,9H,5-8H2,1-2H3,(H,14,17). The first-order chi connectivity index (χ1) is 8.66. The van der Waals surface area contributed by atoms with Gasteiger partial charge in [-0.25, -0.2) is 9.78 Å². The first kappa shape index (κ1) is 13.0. The Morgan fingerprint density at radius 2 is 2.11 bits per heavy atom. The van der Waals surface area contributed by atoms with Crippen LogP contribution in [-0.4, -0.2) is 54.6 Å². The molecule has 2 rings (SSSR count). The molecule has 1 fully saturated rings. The molecule has 6 heteroatoms. The second-order valence-corrected chi connectivity index (χ2v) is 5.55. The zero-order valence-electron chi connectivity index (χ0n) is 10.7. The number of hydrogen-bond donors (Lipinski definition) is 1. The van der Waals surface area contributed by atoms with Gasteiger partial charge in [0, 0.05) is 38.7 Å². The van der Waals surface area contributed by atoms with Crippen molar-refractivity contribution in [1.82, 2.24) is 9.88 Å². The van der Waals surface area contributed by atoms with Crippen molar-refractivity contribution in [2.24, 2.45) is 0 Å². The highest BCUT2D eigenvalue weighted by molar-refractivity contribution is 7.99. The number of carbonyl (C=O) groups is 1. The molecule has 1 aliphatic heterocycles. The molecule has 2 amide bonds. The van der Waals surface area contributed by atoms with Crippen molar-refractivity contribution in [1.29, 1.82) is 0 Å². The van der Waals surface area contributed by atoms with E-state index < -0.39 is 0 Å². The van der Waals surface area contributed by atoms with Crippen LogP contribution in [0.15, 0.2) is 18.3 Å². The molecule has 2 heterocycles. The number of hydrogen-bond acceptors (Lipinski definition) is 4. The molecule has 0 bridgehead atoms. The van der Waals surface area contributed by atoms with Gasteiger partial charge in [-0.1, -0.05) is 0 Å². The smallest absolute Gasteiger partial charge is 0.321 e. The van der Waals surface area contributed by atoms with Crippen molar-refractivity contribution >= 4 is 29.3 Å². The molecule has 1 N–H and O–H groups in total. The SMILES string of the molecule is CN(C)c1ccc(NC(=O)N2CCSCC2)cn1. The van der Waals surface area contributed by atoms with E-state index in [0.29, 0.717) is 0 Å². The number of pyridine rings is 1. The zero-order valence-corrected chi connectivity index (χ0v) is 11.5. The Bertz CT molecular complexity index is 401. The summed E-state index contributed by atoms with van der Waals surface area (Å²) in [4.78, 5) is 20.0. The fraction of sp³-hybridized carbons (Fsp3) is 0.500. The molecule has 0 aliphatic carbocycles. The van der Waals surface area contributed by atoms with E-state index in [1.807, 2.05) is 47.8 Å². The number of amides is 2. The number of rotatable bonds is 2. The topological polar surface area (TPSA) is 48.5 Å². The molecule has 1 aromatic rings. The lowest BCUT2D eigenvalue weighted by Gasteiger charge is -2.26. The summed E-state index contributed by atoms with van der Waals surface area (Å²) in [6.07, 6.45) is 1.69. The number of thioether (sulfide) groups is 1. The van der Waals surface area contributed by atoms with Gasteiger partial charge in [0.2, 0.25) is 0 Å². The monoisotopic (exact) mass is 266 g/mol. The van der Waals surface area contributed by atoms with E-state index in [-0.39, 0.29) is 6.03 Å². The maximum absolute atomic E-state index is 12.0. The summed E-state index contributed by atoms with van der Waals surface area (Å²) in [6, 6.07) is 3.73. The Labute approximate surface area is 112 Å². The number of nitrogens with one attached hydrogen (secondary N) is 1. The highest BCUT2D eigenvalue weighted by Gasteiger charge is 2.16. The number of carbonyl (C=O) groups excluding carboxylic acids is 1. The van der Waals surface area contributed by atoms with Crippen molar-refractivity contribution < 1.29 is 4.79 Å². The second-order valence-electron chi connectivity index (χ2n) is 4.33. The van der Waals surface area contributed by atoms with Gasteiger partial charge in [-0.2, -0.15) is 11.8 Å². The van der Waals surface area contributed by atoms with Gasteiger partial charge in [0.05, 0.1) is 11.9 Å². The molecule has 5 nitrogen and oxygen atoms in total. The number of urea groups is 1. The Kier molecular flexibility index (Phi) is 4.30. The lowest BCUT2D eigenvalue weighted by Crippen LogP contribution is -2.40. The van der Waals surface area contributed by atoms with Crippen LogP contribution in [0.5, 0.6) is 0 Å². The molecule has 0 atom stereocenters. The van der Waals surface area contributed by atoms with Gasteiger partial charge in [-0.15, -0.1) is 0 Å². The normalized spacial score (nSPS) is 15.3. The predicted molar refractivity (Wildman–Crippen MR) is 76.5 cm³/mol. The summed E-state index contributed by atoms with van der Waals surface area (Å²) in [6.45, 7) is 1.64. The molecule has 0 radical (unpaired) electrons. The summed E-state index contributed by atoms with van der Waals surface area (Å²) < 4.78 is 0. The van der Waals surface area contributed by atoms with Crippen molar-refractivity contribution in [3.8, 4) is 0 Å². The van der Waals surface area contributed by atoms with Crippen molar-refractivity contribution in [3.05, 3.63) is 18.3 Å². The molecule has 0 spiro atoms. The average molecular weight is 266 g/mol. The van der Waals surface area contributed by atoms with Crippen LogP contribution in [0.3, 0.4) is 0 Å². The Morgan fingerprint density at radius 3 is 2.67 bits per heavy atom. The van der Waals surface area contributed by atoms with Crippen LogP contribution in [0, 0.1) is 0 Å². The van der Waals surface area contributed by atoms with E-state index in [2.05, 4.69) is 10.3 Å². The third-order valence-electron chi connectivity index (χ3n) is 2.76. The maximum Gasteiger partial charge on any atom is 0.321 e. The minimum atomic E-state index is -0.0327. The largest absolute Gasteiger partial charge is 0.363 e. The van der Waals surface area contributed by atoms with Crippen LogP contribution in [0.4, 0.5) is 16.3 Å². The first-order valence-corrected chi connectivity index (χ1v) is 7.09. The minimum Gasteiger partial charge on any atom is -0.363 e. The molecule has 0 aromatic carbocycles. The lowest BCUT2D eigenvalue weighted by atomic mass is 10.4. The first-order valence-electron chi connectivity index (χ1n) is 5.94. The summed E-state index contributed by atoms with van der Waals surface area (Å²) in [5.74, 6) is 2.92. The highest BCUT2D eigenvalue weighted by Crippen LogP contribution is 2.14. The second kappa shape index (κ2) is 5.95. The number of nitrogens with zero attached hydrogens (tertiary/aromatic N) is 3. The van der Waals surface area contributed by atoms with E-state index in [1.165, 1.54) is 0 Å². The summed E-state index contributed by atoms with van der Waals surface area (Å²) in [5, 5.41) is 2.87. The van der Waals surface area contributed by atoms with Crippen molar-refractivity contribution in [2.75, 3.05) is 48.9 Å². The van der Waals surface area contributed by atoms with Crippen LogP contribution in [-0.2, 0) is 0 Å². The minimum absolute atomic E-state index is 0.0327. The number of aromatic nitrogens is 1. The Morgan fingerprint density at radius 1 is 1.39 bits per heavy atom. The molecule has 0 saturated carbocycles. The maximum atomic E-state index is 12.0. The van der Waals surface area contributed by atoms with Crippen LogP contribution >= 0.6 is 11.8 Å². The van der Waals surface area contributed by atoms with Crippen LogP contribution in [0.2, 0.25) is 0 Å². The molecular weight excluding hydrogens is 248 g/mol. The fourth-order valence-corrected chi connectivity index (χ4v) is 2.60. The number of anilines is 2. The van der Waals surface area contributed by atoms with Gasteiger partial charge < -0.3 is 15.1 Å². The fourth-order valence-electron chi connectivity index (χ4n) is 1.69. The van der Waals surface area contributed by atoms with Gasteiger partial charge in [-0.05, 0) is 12.1 Å². The van der Waals surface area contributed by atoms with Gasteiger partial charge in [0.15, 0.2) is 0 Å². The van der Waals surface area contributed by atoms with E-state index in [4.69, 9.17) is 0 Å². The van der Waals surface area contributed by atoms with Crippen molar-refractivity contribution in [3.63, 3.8) is 0 Å². The van der Waals surface area contributed by atoms with Gasteiger partial charge >= 0.3 is 6.03 Å². The van der Waals surface area contributed by atoms with Crippen LogP contribution in [0.1, 0.15) is 0 Å². The van der Waals surface area contributed by atoms with Crippen LogP contribution < -0.4 is 10.2 Å². The Balaban J connectivity index is 1.94. The molecule has 98 valence electrons. The van der Waals surface area contributed by atoms with E-state index in [0.717, 1.165) is 36.1 Å². The Hall–Kier alpha value is -1.43. The average Bonchev–Trinajstić information content (AvgIpc) is 2.40. The van der Waals surface area contributed by atoms with Crippen LogP contribution in [0.25, 0.3) is 0 Å². The molecule has 1 saturated heterocycles. The molecule has 0 unspecified atom stereocenters. The molecule has 18 heavy (non-hydrogen) atoms. The zero-order chi connectivity index (χ0) is 13.0. The highest BCUT2D eigenvalue weighted by atomic mass is 32.2. The van der Waals surface area contributed by atoms with E-state index >= 15 is 0 Å².